The Hall–Kier alpha value is -1.40. The van der Waals surface area contributed by atoms with Crippen molar-refractivity contribution in [1.82, 2.24) is 9.97 Å². The smallest absolute Gasteiger partial charge is 0.135 e. The second-order valence-corrected chi connectivity index (χ2v) is 4.15. The molecule has 6 nitrogen and oxygen atoms in total. The van der Waals surface area contributed by atoms with Crippen LogP contribution < -0.4 is 10.6 Å². The third-order valence-corrected chi connectivity index (χ3v) is 2.73. The van der Waals surface area contributed by atoms with Crippen LogP contribution in [0.4, 0.5) is 11.6 Å². The molecule has 1 atom stereocenters. The first kappa shape index (κ1) is 14.7. The summed E-state index contributed by atoms with van der Waals surface area (Å²) < 4.78 is 5.01. The van der Waals surface area contributed by atoms with Crippen molar-refractivity contribution in [2.45, 2.75) is 26.3 Å². The zero-order valence-corrected chi connectivity index (χ0v) is 11.4. The number of hydrogen-bond donors (Lipinski definition) is 3. The van der Waals surface area contributed by atoms with Gasteiger partial charge in [0.15, 0.2) is 0 Å². The van der Waals surface area contributed by atoms with E-state index in [9.17, 15) is 5.11 Å². The van der Waals surface area contributed by atoms with Gasteiger partial charge in [0.1, 0.15) is 17.5 Å². The number of aryl methyl sites for hydroxylation is 1. The third-order valence-electron chi connectivity index (χ3n) is 2.73. The molecule has 102 valence electrons. The maximum atomic E-state index is 9.32. The molecule has 1 unspecified atom stereocenters. The molecule has 0 bridgehead atoms. The van der Waals surface area contributed by atoms with Crippen LogP contribution in [-0.4, -0.2) is 48.5 Å². The standard InChI is InChI=1S/C12H22N4O2/c1-8-11(13-3)14-9(2)15-12(8)16-10(7-17)5-6-18-4/h10,17H,5-7H2,1-4H3,(H2,13,14,15,16). The lowest BCUT2D eigenvalue weighted by Gasteiger charge is -2.19. The Labute approximate surface area is 108 Å². The molecule has 0 amide bonds. The van der Waals surface area contributed by atoms with Crippen LogP contribution in [0.3, 0.4) is 0 Å². The Morgan fingerprint density at radius 2 is 1.94 bits per heavy atom. The molecule has 0 fully saturated rings. The highest BCUT2D eigenvalue weighted by Crippen LogP contribution is 2.20. The molecule has 1 rings (SSSR count). The van der Waals surface area contributed by atoms with Gasteiger partial charge in [-0.2, -0.15) is 0 Å². The van der Waals surface area contributed by atoms with Gasteiger partial charge in [0.05, 0.1) is 12.6 Å². The Kier molecular flexibility index (Phi) is 5.80. The van der Waals surface area contributed by atoms with E-state index in [-0.39, 0.29) is 12.6 Å². The monoisotopic (exact) mass is 254 g/mol. The Balaban J connectivity index is 2.84. The van der Waals surface area contributed by atoms with Gasteiger partial charge in [-0.05, 0) is 20.3 Å². The molecule has 1 heterocycles. The maximum absolute atomic E-state index is 9.32. The lowest BCUT2D eigenvalue weighted by Crippen LogP contribution is -2.26. The number of methoxy groups -OCH3 is 1. The molecule has 18 heavy (non-hydrogen) atoms. The molecule has 0 radical (unpaired) electrons. The molecule has 0 aromatic carbocycles. The fraction of sp³-hybridized carbons (Fsp3) is 0.667. The molecule has 0 aliphatic carbocycles. The second-order valence-electron chi connectivity index (χ2n) is 4.15. The van der Waals surface area contributed by atoms with Gasteiger partial charge >= 0.3 is 0 Å². The van der Waals surface area contributed by atoms with E-state index in [4.69, 9.17) is 4.74 Å². The van der Waals surface area contributed by atoms with Crippen LogP contribution in [0.25, 0.3) is 0 Å². The first-order valence-electron chi connectivity index (χ1n) is 6.01. The largest absolute Gasteiger partial charge is 0.394 e. The zero-order valence-electron chi connectivity index (χ0n) is 11.4. The van der Waals surface area contributed by atoms with E-state index in [0.29, 0.717) is 12.4 Å². The quantitative estimate of drug-likeness (QED) is 0.672. The van der Waals surface area contributed by atoms with Gasteiger partial charge < -0.3 is 20.5 Å². The molecular formula is C12H22N4O2. The van der Waals surface area contributed by atoms with Crippen molar-refractivity contribution in [3.8, 4) is 0 Å². The molecular weight excluding hydrogens is 232 g/mol. The summed E-state index contributed by atoms with van der Waals surface area (Å²) in [6.45, 7) is 4.42. The van der Waals surface area contributed by atoms with Crippen molar-refractivity contribution in [1.29, 1.82) is 0 Å². The number of rotatable bonds is 7. The average Bonchev–Trinajstić information content (AvgIpc) is 2.37. The van der Waals surface area contributed by atoms with E-state index >= 15 is 0 Å². The minimum Gasteiger partial charge on any atom is -0.394 e. The van der Waals surface area contributed by atoms with E-state index in [1.54, 1.807) is 7.11 Å². The summed E-state index contributed by atoms with van der Waals surface area (Å²) in [7, 11) is 3.47. The van der Waals surface area contributed by atoms with Crippen molar-refractivity contribution in [2.75, 3.05) is 38.0 Å². The lowest BCUT2D eigenvalue weighted by molar-refractivity contribution is 0.174. The first-order valence-corrected chi connectivity index (χ1v) is 6.01. The van der Waals surface area contributed by atoms with Crippen LogP contribution in [0.5, 0.6) is 0 Å². The highest BCUT2D eigenvalue weighted by atomic mass is 16.5. The Morgan fingerprint density at radius 3 is 2.50 bits per heavy atom. The van der Waals surface area contributed by atoms with Gasteiger partial charge in [-0.25, -0.2) is 9.97 Å². The molecule has 1 aromatic rings. The van der Waals surface area contributed by atoms with Gasteiger partial charge in [0.2, 0.25) is 0 Å². The van der Waals surface area contributed by atoms with Crippen molar-refractivity contribution >= 4 is 11.6 Å². The van der Waals surface area contributed by atoms with E-state index < -0.39 is 0 Å². The molecule has 0 aliphatic heterocycles. The second kappa shape index (κ2) is 7.13. The van der Waals surface area contributed by atoms with Gasteiger partial charge in [-0.15, -0.1) is 0 Å². The summed E-state index contributed by atoms with van der Waals surface area (Å²) in [4.78, 5) is 8.66. The minimum atomic E-state index is -0.0670. The topological polar surface area (TPSA) is 79.3 Å². The Bertz CT molecular complexity index is 385. The molecule has 0 aliphatic rings. The summed E-state index contributed by atoms with van der Waals surface area (Å²) >= 11 is 0. The van der Waals surface area contributed by atoms with Crippen molar-refractivity contribution in [2.24, 2.45) is 0 Å². The van der Waals surface area contributed by atoms with Crippen LogP contribution in [0.15, 0.2) is 0 Å². The van der Waals surface area contributed by atoms with Crippen LogP contribution in [0, 0.1) is 13.8 Å². The molecule has 0 saturated heterocycles. The van der Waals surface area contributed by atoms with Crippen molar-refractivity contribution in [3.63, 3.8) is 0 Å². The van der Waals surface area contributed by atoms with Crippen LogP contribution in [-0.2, 0) is 4.74 Å². The minimum absolute atomic E-state index is 0.0424. The summed E-state index contributed by atoms with van der Waals surface area (Å²) in [5.41, 5.74) is 0.943. The molecule has 3 N–H and O–H groups in total. The fourth-order valence-electron chi connectivity index (χ4n) is 1.67. The zero-order chi connectivity index (χ0) is 13.5. The fourth-order valence-corrected chi connectivity index (χ4v) is 1.67. The summed E-state index contributed by atoms with van der Waals surface area (Å²) in [6, 6.07) is -0.0670. The van der Waals surface area contributed by atoms with Gasteiger partial charge in [-0.1, -0.05) is 0 Å². The first-order chi connectivity index (χ1) is 8.62. The van der Waals surface area contributed by atoms with Crippen molar-refractivity contribution in [3.05, 3.63) is 11.4 Å². The van der Waals surface area contributed by atoms with Gasteiger partial charge in [0.25, 0.3) is 0 Å². The summed E-state index contributed by atoms with van der Waals surface area (Å²) in [6.07, 6.45) is 0.727. The number of aromatic nitrogens is 2. The SMILES string of the molecule is CNc1nc(C)nc(NC(CO)CCOC)c1C. The van der Waals surface area contributed by atoms with Crippen LogP contribution in [0.1, 0.15) is 17.8 Å². The summed E-state index contributed by atoms with van der Waals surface area (Å²) in [5, 5.41) is 15.6. The number of nitrogens with zero attached hydrogens (tertiary/aromatic N) is 2. The average molecular weight is 254 g/mol. The molecule has 1 aromatic heterocycles. The van der Waals surface area contributed by atoms with E-state index in [2.05, 4.69) is 20.6 Å². The van der Waals surface area contributed by atoms with Crippen LogP contribution in [0.2, 0.25) is 0 Å². The highest BCUT2D eigenvalue weighted by molar-refractivity contribution is 5.57. The maximum Gasteiger partial charge on any atom is 0.135 e. The highest BCUT2D eigenvalue weighted by Gasteiger charge is 2.12. The third kappa shape index (κ3) is 3.82. The number of hydrogen-bond acceptors (Lipinski definition) is 6. The Morgan fingerprint density at radius 1 is 1.28 bits per heavy atom. The number of ether oxygens (including phenoxy) is 1. The number of aliphatic hydroxyl groups is 1. The molecule has 0 saturated carbocycles. The molecule has 0 spiro atoms. The van der Waals surface area contributed by atoms with E-state index in [0.717, 1.165) is 23.6 Å². The lowest BCUT2D eigenvalue weighted by atomic mass is 10.2. The molecule has 6 heteroatoms. The van der Waals surface area contributed by atoms with Gasteiger partial charge in [-0.3, -0.25) is 0 Å². The number of nitrogens with one attached hydrogen (secondary N) is 2. The van der Waals surface area contributed by atoms with E-state index in [1.165, 1.54) is 0 Å². The van der Waals surface area contributed by atoms with Crippen molar-refractivity contribution < 1.29 is 9.84 Å². The predicted molar refractivity (Wildman–Crippen MR) is 72.0 cm³/mol. The summed E-state index contributed by atoms with van der Waals surface area (Å²) in [5.74, 6) is 2.24. The van der Waals surface area contributed by atoms with Gasteiger partial charge in [0, 0.05) is 26.3 Å². The number of aliphatic hydroxyl groups excluding tert-OH is 1. The normalized spacial score (nSPS) is 12.3. The predicted octanol–water partition coefficient (Wildman–Crippen LogP) is 0.944. The number of anilines is 2. The van der Waals surface area contributed by atoms with E-state index in [1.807, 2.05) is 20.9 Å². The van der Waals surface area contributed by atoms with Crippen LogP contribution >= 0.6 is 0 Å².